The molecule has 5 nitrogen and oxygen atoms in total. The Balaban J connectivity index is 2.46. The van der Waals surface area contributed by atoms with E-state index in [-0.39, 0.29) is 11.8 Å². The highest BCUT2D eigenvalue weighted by Crippen LogP contribution is 2.19. The Morgan fingerprint density at radius 2 is 1.90 bits per heavy atom. The topological polar surface area (TPSA) is 67.4 Å². The van der Waals surface area contributed by atoms with E-state index in [9.17, 15) is 9.59 Å². The second kappa shape index (κ2) is 8.74. The number of carbonyl (C=O) groups is 2. The SMILES string of the molecule is CCOc1ccccc1C=CC(=O)NCCNC(C)=O. The Kier molecular flexibility index (Phi) is 6.89. The van der Waals surface area contributed by atoms with E-state index in [1.807, 2.05) is 31.2 Å². The average Bonchev–Trinajstić information content (AvgIpc) is 2.43. The van der Waals surface area contributed by atoms with Crippen molar-refractivity contribution >= 4 is 17.9 Å². The van der Waals surface area contributed by atoms with E-state index < -0.39 is 0 Å². The van der Waals surface area contributed by atoms with Crippen LogP contribution in [0.25, 0.3) is 6.08 Å². The second-order valence-electron chi connectivity index (χ2n) is 4.08. The van der Waals surface area contributed by atoms with Gasteiger partial charge in [-0.25, -0.2) is 0 Å². The second-order valence-corrected chi connectivity index (χ2v) is 4.08. The highest BCUT2D eigenvalue weighted by Gasteiger charge is 2.00. The van der Waals surface area contributed by atoms with Gasteiger partial charge >= 0.3 is 0 Å². The molecule has 0 bridgehead atoms. The van der Waals surface area contributed by atoms with Crippen LogP contribution in [0.3, 0.4) is 0 Å². The Labute approximate surface area is 119 Å². The van der Waals surface area contributed by atoms with Crippen molar-refractivity contribution in [2.75, 3.05) is 19.7 Å². The molecule has 0 fully saturated rings. The van der Waals surface area contributed by atoms with Crippen LogP contribution in [0.4, 0.5) is 0 Å². The maximum Gasteiger partial charge on any atom is 0.244 e. The van der Waals surface area contributed by atoms with Crippen LogP contribution in [0.15, 0.2) is 30.3 Å². The fourth-order valence-corrected chi connectivity index (χ4v) is 1.55. The molecular formula is C15H20N2O3. The van der Waals surface area contributed by atoms with Crippen LogP contribution in [0.5, 0.6) is 5.75 Å². The molecule has 2 N–H and O–H groups in total. The lowest BCUT2D eigenvalue weighted by molar-refractivity contribution is -0.119. The van der Waals surface area contributed by atoms with Gasteiger partial charge in [-0.3, -0.25) is 9.59 Å². The van der Waals surface area contributed by atoms with Crippen LogP contribution >= 0.6 is 0 Å². The van der Waals surface area contributed by atoms with Crippen LogP contribution in [-0.2, 0) is 9.59 Å². The van der Waals surface area contributed by atoms with Crippen molar-refractivity contribution in [1.29, 1.82) is 0 Å². The van der Waals surface area contributed by atoms with Crippen molar-refractivity contribution in [1.82, 2.24) is 10.6 Å². The van der Waals surface area contributed by atoms with E-state index in [0.717, 1.165) is 11.3 Å². The molecule has 0 aliphatic heterocycles. The van der Waals surface area contributed by atoms with Crippen LogP contribution < -0.4 is 15.4 Å². The normalized spacial score (nSPS) is 10.3. The molecule has 0 saturated heterocycles. The van der Waals surface area contributed by atoms with E-state index in [2.05, 4.69) is 10.6 Å². The summed E-state index contributed by atoms with van der Waals surface area (Å²) in [6, 6.07) is 7.51. The minimum atomic E-state index is -0.207. The van der Waals surface area contributed by atoms with Gasteiger partial charge in [0.05, 0.1) is 6.61 Å². The first-order valence-electron chi connectivity index (χ1n) is 6.55. The van der Waals surface area contributed by atoms with Crippen molar-refractivity contribution in [3.8, 4) is 5.75 Å². The van der Waals surface area contributed by atoms with E-state index in [0.29, 0.717) is 19.7 Å². The van der Waals surface area contributed by atoms with E-state index in [1.54, 1.807) is 6.08 Å². The molecule has 0 unspecified atom stereocenters. The third-order valence-electron chi connectivity index (χ3n) is 2.43. The molecular weight excluding hydrogens is 256 g/mol. The fraction of sp³-hybridized carbons (Fsp3) is 0.333. The van der Waals surface area contributed by atoms with Crippen LogP contribution in [0.2, 0.25) is 0 Å². The summed E-state index contributed by atoms with van der Waals surface area (Å²) in [7, 11) is 0. The van der Waals surface area contributed by atoms with Gasteiger partial charge in [0.15, 0.2) is 0 Å². The summed E-state index contributed by atoms with van der Waals surface area (Å²) in [5.41, 5.74) is 0.853. The summed E-state index contributed by atoms with van der Waals surface area (Å²) in [5, 5.41) is 5.28. The Morgan fingerprint density at radius 3 is 2.60 bits per heavy atom. The van der Waals surface area contributed by atoms with Gasteiger partial charge in [-0.1, -0.05) is 18.2 Å². The molecule has 0 atom stereocenters. The first kappa shape index (κ1) is 15.8. The van der Waals surface area contributed by atoms with Crippen LogP contribution in [-0.4, -0.2) is 31.5 Å². The van der Waals surface area contributed by atoms with Crippen molar-refractivity contribution in [2.24, 2.45) is 0 Å². The number of carbonyl (C=O) groups excluding carboxylic acids is 2. The minimum Gasteiger partial charge on any atom is -0.493 e. The van der Waals surface area contributed by atoms with Crippen LogP contribution in [0.1, 0.15) is 19.4 Å². The summed E-state index contributed by atoms with van der Waals surface area (Å²) < 4.78 is 5.46. The van der Waals surface area contributed by atoms with E-state index in [1.165, 1.54) is 13.0 Å². The van der Waals surface area contributed by atoms with Gasteiger partial charge in [0, 0.05) is 31.7 Å². The molecule has 108 valence electrons. The lowest BCUT2D eigenvalue weighted by Crippen LogP contribution is -2.32. The lowest BCUT2D eigenvalue weighted by atomic mass is 10.2. The highest BCUT2D eigenvalue weighted by molar-refractivity contribution is 5.92. The van der Waals surface area contributed by atoms with Gasteiger partial charge in [0.25, 0.3) is 0 Å². The number of ether oxygens (including phenoxy) is 1. The molecule has 0 heterocycles. The Bertz CT molecular complexity index is 484. The number of nitrogens with one attached hydrogen (secondary N) is 2. The molecule has 1 aromatic carbocycles. The van der Waals surface area contributed by atoms with Crippen LogP contribution in [0, 0.1) is 0 Å². The van der Waals surface area contributed by atoms with Crippen molar-refractivity contribution in [2.45, 2.75) is 13.8 Å². The smallest absolute Gasteiger partial charge is 0.244 e. The standard InChI is InChI=1S/C15H20N2O3/c1-3-20-14-7-5-4-6-13(14)8-9-15(19)17-11-10-16-12(2)18/h4-9H,3,10-11H2,1-2H3,(H,16,18)(H,17,19). The van der Waals surface area contributed by atoms with E-state index >= 15 is 0 Å². The predicted molar refractivity (Wildman–Crippen MR) is 78.3 cm³/mol. The van der Waals surface area contributed by atoms with Gasteiger partial charge in [-0.05, 0) is 19.1 Å². The molecule has 1 aromatic rings. The van der Waals surface area contributed by atoms with Crippen molar-refractivity contribution < 1.29 is 14.3 Å². The summed E-state index contributed by atoms with van der Waals surface area (Å²) >= 11 is 0. The summed E-state index contributed by atoms with van der Waals surface area (Å²) in [4.78, 5) is 22.2. The molecule has 0 aliphatic carbocycles. The average molecular weight is 276 g/mol. The fourth-order valence-electron chi connectivity index (χ4n) is 1.55. The third-order valence-corrected chi connectivity index (χ3v) is 2.43. The third kappa shape index (κ3) is 6.04. The molecule has 5 heteroatoms. The largest absolute Gasteiger partial charge is 0.493 e. The molecule has 2 amide bonds. The first-order valence-corrected chi connectivity index (χ1v) is 6.55. The molecule has 0 spiro atoms. The van der Waals surface area contributed by atoms with Gasteiger partial charge < -0.3 is 15.4 Å². The number of benzene rings is 1. The summed E-state index contributed by atoms with van der Waals surface area (Å²) in [5.74, 6) is 0.430. The lowest BCUT2D eigenvalue weighted by Gasteiger charge is -2.06. The number of hydrogen-bond acceptors (Lipinski definition) is 3. The molecule has 0 aromatic heterocycles. The zero-order valence-electron chi connectivity index (χ0n) is 11.8. The number of rotatable bonds is 7. The van der Waals surface area contributed by atoms with Gasteiger partial charge in [-0.15, -0.1) is 0 Å². The molecule has 20 heavy (non-hydrogen) atoms. The zero-order chi connectivity index (χ0) is 14.8. The predicted octanol–water partition coefficient (Wildman–Crippen LogP) is 1.35. The summed E-state index contributed by atoms with van der Waals surface area (Å²) in [6.45, 7) is 4.75. The first-order chi connectivity index (χ1) is 9.63. The maximum absolute atomic E-state index is 11.6. The Hall–Kier alpha value is -2.30. The number of para-hydroxylation sites is 1. The van der Waals surface area contributed by atoms with Crippen molar-refractivity contribution in [3.63, 3.8) is 0 Å². The quantitative estimate of drug-likeness (QED) is 0.583. The minimum absolute atomic E-state index is 0.111. The summed E-state index contributed by atoms with van der Waals surface area (Å²) in [6.07, 6.45) is 3.16. The van der Waals surface area contributed by atoms with Crippen molar-refractivity contribution in [3.05, 3.63) is 35.9 Å². The molecule has 0 aliphatic rings. The van der Waals surface area contributed by atoms with E-state index in [4.69, 9.17) is 4.74 Å². The molecule has 0 saturated carbocycles. The highest BCUT2D eigenvalue weighted by atomic mass is 16.5. The maximum atomic E-state index is 11.6. The van der Waals surface area contributed by atoms with Gasteiger partial charge in [0.2, 0.25) is 11.8 Å². The number of hydrogen-bond donors (Lipinski definition) is 2. The van der Waals surface area contributed by atoms with Gasteiger partial charge in [0.1, 0.15) is 5.75 Å². The van der Waals surface area contributed by atoms with Gasteiger partial charge in [-0.2, -0.15) is 0 Å². The zero-order valence-corrected chi connectivity index (χ0v) is 11.8. The number of amides is 2. The monoisotopic (exact) mass is 276 g/mol. The molecule has 0 radical (unpaired) electrons. The molecule has 1 rings (SSSR count). The Morgan fingerprint density at radius 1 is 1.20 bits per heavy atom.